The van der Waals surface area contributed by atoms with Crippen molar-refractivity contribution >= 4 is 33.2 Å². The van der Waals surface area contributed by atoms with E-state index in [1.165, 1.54) is 29.8 Å². The summed E-state index contributed by atoms with van der Waals surface area (Å²) in [6, 6.07) is 0.146. The van der Waals surface area contributed by atoms with Crippen LogP contribution in [-0.2, 0) is 17.6 Å². The molecule has 0 saturated carbocycles. The van der Waals surface area contributed by atoms with Crippen molar-refractivity contribution in [3.8, 4) is 0 Å². The van der Waals surface area contributed by atoms with Crippen LogP contribution in [0.4, 0.5) is 0 Å². The number of hydrogen-bond acceptors (Lipinski definition) is 3. The number of nitrogens with zero attached hydrogens (tertiary/aromatic N) is 2. The summed E-state index contributed by atoms with van der Waals surface area (Å²) >= 11 is 5.32. The summed E-state index contributed by atoms with van der Waals surface area (Å²) in [5.41, 5.74) is 1.29. The smallest absolute Gasteiger partial charge is 0.223 e. The number of aromatic nitrogens is 1. The molecule has 104 valence electrons. The van der Waals surface area contributed by atoms with E-state index in [2.05, 4.69) is 22.9 Å². The van der Waals surface area contributed by atoms with Crippen LogP contribution in [0.1, 0.15) is 47.8 Å². The van der Waals surface area contributed by atoms with Gasteiger partial charge in [-0.05, 0) is 38.5 Å². The Morgan fingerprint density at radius 3 is 2.95 bits per heavy atom. The highest BCUT2D eigenvalue weighted by Crippen LogP contribution is 2.34. The lowest BCUT2D eigenvalue weighted by molar-refractivity contribution is -0.129. The van der Waals surface area contributed by atoms with Gasteiger partial charge in [-0.3, -0.25) is 4.79 Å². The topological polar surface area (TPSA) is 33.2 Å². The highest BCUT2D eigenvalue weighted by Gasteiger charge is 2.34. The zero-order valence-corrected chi connectivity index (χ0v) is 13.6. The van der Waals surface area contributed by atoms with Crippen molar-refractivity contribution in [3.05, 3.63) is 15.6 Å². The number of fused-ring (bicyclic) bond motifs is 1. The molecule has 1 aliphatic heterocycles. The minimum absolute atomic E-state index is 0.146. The molecule has 1 fully saturated rings. The first-order valence-corrected chi connectivity index (χ1v) is 8.96. The quantitative estimate of drug-likeness (QED) is 0.789. The van der Waals surface area contributed by atoms with Crippen molar-refractivity contribution < 1.29 is 4.79 Å². The van der Waals surface area contributed by atoms with E-state index in [1.54, 1.807) is 0 Å². The lowest BCUT2D eigenvalue weighted by Gasteiger charge is -2.22. The number of rotatable bonds is 3. The molecule has 2 unspecified atom stereocenters. The van der Waals surface area contributed by atoms with E-state index in [9.17, 15) is 4.79 Å². The second kappa shape index (κ2) is 5.52. The summed E-state index contributed by atoms with van der Waals surface area (Å²) in [6.07, 6.45) is 5.53. The molecule has 1 saturated heterocycles. The van der Waals surface area contributed by atoms with Crippen molar-refractivity contribution in [1.29, 1.82) is 0 Å². The van der Waals surface area contributed by atoms with Crippen LogP contribution in [0.5, 0.6) is 0 Å². The second-order valence-corrected chi connectivity index (χ2v) is 7.34. The van der Waals surface area contributed by atoms with Crippen molar-refractivity contribution in [1.82, 2.24) is 9.88 Å². The number of hydrogen-bond donors (Lipinski definition) is 0. The summed E-state index contributed by atoms with van der Waals surface area (Å²) in [5.74, 6) is 0.745. The van der Waals surface area contributed by atoms with Gasteiger partial charge >= 0.3 is 0 Å². The fraction of sp³-hybridized carbons (Fsp3) is 0.714. The molecular weight excluding hydrogens is 324 g/mol. The highest BCUT2D eigenvalue weighted by molar-refractivity contribution is 9.09. The molecule has 2 heterocycles. The predicted molar refractivity (Wildman–Crippen MR) is 80.8 cm³/mol. The fourth-order valence-corrected chi connectivity index (χ4v) is 4.62. The van der Waals surface area contributed by atoms with Gasteiger partial charge in [0.25, 0.3) is 0 Å². The van der Waals surface area contributed by atoms with Gasteiger partial charge in [-0.15, -0.1) is 11.3 Å². The van der Waals surface area contributed by atoms with Gasteiger partial charge in [-0.1, -0.05) is 15.9 Å². The van der Waals surface area contributed by atoms with Gasteiger partial charge < -0.3 is 4.90 Å². The molecule has 1 aromatic heterocycles. The molecule has 1 amide bonds. The average Bonchev–Trinajstić information content (AvgIpc) is 3.01. The maximum Gasteiger partial charge on any atom is 0.223 e. The van der Waals surface area contributed by atoms with Crippen LogP contribution in [0.25, 0.3) is 0 Å². The number of aryl methyl sites for hydroxylation is 2. The summed E-state index contributed by atoms with van der Waals surface area (Å²) in [4.78, 5) is 20.3. The van der Waals surface area contributed by atoms with Crippen LogP contribution in [-0.4, -0.2) is 27.7 Å². The number of thiazole rings is 1. The van der Waals surface area contributed by atoms with Gasteiger partial charge in [0.15, 0.2) is 0 Å². The summed E-state index contributed by atoms with van der Waals surface area (Å²) in [5, 5.41) is 2.05. The van der Waals surface area contributed by atoms with Gasteiger partial charge in [-0.25, -0.2) is 4.98 Å². The van der Waals surface area contributed by atoms with E-state index >= 15 is 0 Å². The van der Waals surface area contributed by atoms with Crippen LogP contribution in [0.2, 0.25) is 0 Å². The Balaban J connectivity index is 1.78. The van der Waals surface area contributed by atoms with Gasteiger partial charge in [0, 0.05) is 23.2 Å². The standard InChI is InChI=1S/C14H19BrN2OS/c1-9(17-8-10(7-15)6-13(17)18)14-16-11-4-2-3-5-12(11)19-14/h9-10H,2-8H2,1H3. The number of carbonyl (C=O) groups is 1. The molecule has 3 rings (SSSR count). The van der Waals surface area contributed by atoms with Crippen LogP contribution in [0, 0.1) is 5.92 Å². The maximum absolute atomic E-state index is 12.1. The van der Waals surface area contributed by atoms with Gasteiger partial charge in [-0.2, -0.15) is 0 Å². The third kappa shape index (κ3) is 2.59. The first kappa shape index (κ1) is 13.6. The molecule has 1 aliphatic carbocycles. The van der Waals surface area contributed by atoms with Gasteiger partial charge in [0.1, 0.15) is 5.01 Å². The van der Waals surface area contributed by atoms with E-state index in [-0.39, 0.29) is 11.9 Å². The molecule has 3 nitrogen and oxygen atoms in total. The molecule has 0 spiro atoms. The second-order valence-electron chi connectivity index (χ2n) is 5.58. The Labute approximate surface area is 126 Å². The number of likely N-dealkylation sites (tertiary alicyclic amines) is 1. The zero-order chi connectivity index (χ0) is 13.4. The summed E-state index contributed by atoms with van der Waals surface area (Å²) in [7, 11) is 0. The Hall–Kier alpha value is -0.420. The predicted octanol–water partition coefficient (Wildman–Crippen LogP) is 3.33. The lowest BCUT2D eigenvalue weighted by Crippen LogP contribution is -2.28. The van der Waals surface area contributed by atoms with Gasteiger partial charge in [0.2, 0.25) is 5.91 Å². The van der Waals surface area contributed by atoms with Crippen LogP contribution in [0.3, 0.4) is 0 Å². The Kier molecular flexibility index (Phi) is 3.94. The number of amides is 1. The fourth-order valence-electron chi connectivity index (χ4n) is 2.97. The van der Waals surface area contributed by atoms with E-state index in [4.69, 9.17) is 4.98 Å². The first-order chi connectivity index (χ1) is 9.19. The largest absolute Gasteiger partial charge is 0.333 e. The van der Waals surface area contributed by atoms with Crippen molar-refractivity contribution in [2.24, 2.45) is 5.92 Å². The van der Waals surface area contributed by atoms with E-state index < -0.39 is 0 Å². The first-order valence-electron chi connectivity index (χ1n) is 7.03. The molecule has 1 aromatic rings. The Morgan fingerprint density at radius 2 is 2.26 bits per heavy atom. The molecule has 0 aromatic carbocycles. The van der Waals surface area contributed by atoms with Crippen molar-refractivity contribution in [2.45, 2.75) is 45.1 Å². The minimum atomic E-state index is 0.146. The number of halogens is 1. The third-order valence-electron chi connectivity index (χ3n) is 4.14. The maximum atomic E-state index is 12.1. The van der Waals surface area contributed by atoms with Crippen molar-refractivity contribution in [3.63, 3.8) is 0 Å². The lowest BCUT2D eigenvalue weighted by atomic mass is 10.0. The Bertz CT molecular complexity index is 464. The summed E-state index contributed by atoms with van der Waals surface area (Å²) < 4.78 is 0. The van der Waals surface area contributed by atoms with Crippen LogP contribution in [0.15, 0.2) is 0 Å². The molecule has 0 N–H and O–H groups in total. The molecule has 2 aliphatic rings. The molecule has 19 heavy (non-hydrogen) atoms. The molecule has 0 radical (unpaired) electrons. The SMILES string of the molecule is CC(c1nc2c(s1)CCCC2)N1CC(CBr)CC1=O. The third-order valence-corrected chi connectivity index (χ3v) is 6.39. The molecule has 2 atom stereocenters. The minimum Gasteiger partial charge on any atom is -0.333 e. The van der Waals surface area contributed by atoms with Crippen LogP contribution < -0.4 is 0 Å². The van der Waals surface area contributed by atoms with Gasteiger partial charge in [0.05, 0.1) is 11.7 Å². The van der Waals surface area contributed by atoms with E-state index in [1.807, 2.05) is 16.2 Å². The molecule has 0 bridgehead atoms. The van der Waals surface area contributed by atoms with Crippen LogP contribution >= 0.6 is 27.3 Å². The average molecular weight is 343 g/mol. The Morgan fingerprint density at radius 1 is 1.47 bits per heavy atom. The normalized spacial score (nSPS) is 24.6. The number of carbonyl (C=O) groups excluding carboxylic acids is 1. The molecular formula is C14H19BrN2OS. The van der Waals surface area contributed by atoms with Crippen molar-refractivity contribution in [2.75, 3.05) is 11.9 Å². The summed E-state index contributed by atoms with van der Waals surface area (Å²) in [6.45, 7) is 2.99. The van der Waals surface area contributed by atoms with E-state index in [0.29, 0.717) is 12.3 Å². The highest BCUT2D eigenvalue weighted by atomic mass is 79.9. The van der Waals surface area contributed by atoms with E-state index in [0.717, 1.165) is 23.3 Å². The zero-order valence-electron chi connectivity index (χ0n) is 11.2. The number of alkyl halides is 1. The molecule has 5 heteroatoms. The monoisotopic (exact) mass is 342 g/mol.